The number of fused-ring (bicyclic) bond motifs is 1. The number of hydrogen-bond acceptors (Lipinski definition) is 5. The predicted molar refractivity (Wildman–Crippen MR) is 139 cm³/mol. The third-order valence-corrected chi connectivity index (χ3v) is 6.26. The number of methoxy groups -OCH3 is 1. The molecule has 0 heterocycles. The van der Waals surface area contributed by atoms with E-state index in [0.29, 0.717) is 18.6 Å². The highest BCUT2D eigenvalue weighted by Crippen LogP contribution is 2.34. The highest BCUT2D eigenvalue weighted by atomic mass is 16.6. The second kappa shape index (κ2) is 10.1. The van der Waals surface area contributed by atoms with Crippen molar-refractivity contribution in [3.8, 4) is 22.6 Å². The van der Waals surface area contributed by atoms with Crippen LogP contribution in [0.5, 0.6) is 11.5 Å². The van der Waals surface area contributed by atoms with E-state index >= 15 is 0 Å². The van der Waals surface area contributed by atoms with Crippen molar-refractivity contribution in [3.63, 3.8) is 0 Å². The van der Waals surface area contributed by atoms with Crippen molar-refractivity contribution in [3.05, 3.63) is 83.4 Å². The highest BCUT2D eigenvalue weighted by Gasteiger charge is 2.44. The lowest BCUT2D eigenvalue weighted by molar-refractivity contribution is -0.149. The molecule has 0 fully saturated rings. The van der Waals surface area contributed by atoms with Gasteiger partial charge in [-0.05, 0) is 87.1 Å². The highest BCUT2D eigenvalue weighted by molar-refractivity contribution is 5.86. The van der Waals surface area contributed by atoms with Gasteiger partial charge in [-0.2, -0.15) is 0 Å². The number of benzene rings is 3. The van der Waals surface area contributed by atoms with Gasteiger partial charge in [-0.15, -0.1) is 0 Å². The van der Waals surface area contributed by atoms with Gasteiger partial charge in [0.2, 0.25) is 0 Å². The fourth-order valence-corrected chi connectivity index (χ4v) is 4.48. The largest absolute Gasteiger partial charge is 0.467 e. The van der Waals surface area contributed by atoms with Gasteiger partial charge in [-0.1, -0.05) is 48.0 Å². The fourth-order valence-electron chi connectivity index (χ4n) is 4.48. The van der Waals surface area contributed by atoms with Crippen LogP contribution < -0.4 is 10.1 Å². The molecule has 0 saturated heterocycles. The Kier molecular flexibility index (Phi) is 7.07. The molecule has 0 saturated carbocycles. The van der Waals surface area contributed by atoms with Crippen molar-refractivity contribution in [2.45, 2.75) is 58.1 Å². The minimum atomic E-state index is -1.20. The van der Waals surface area contributed by atoms with Crippen molar-refractivity contribution >= 4 is 12.1 Å². The molecule has 4 rings (SSSR count). The van der Waals surface area contributed by atoms with Crippen molar-refractivity contribution in [2.24, 2.45) is 0 Å². The number of ether oxygens (including phenoxy) is 3. The molecule has 6 heteroatoms. The molecule has 36 heavy (non-hydrogen) atoms. The van der Waals surface area contributed by atoms with E-state index in [1.54, 1.807) is 20.8 Å². The molecule has 1 N–H and O–H groups in total. The Bertz CT molecular complexity index is 1260. The van der Waals surface area contributed by atoms with Crippen LogP contribution in [0.15, 0.2) is 66.7 Å². The van der Waals surface area contributed by atoms with Crippen LogP contribution in [0.2, 0.25) is 0 Å². The molecule has 0 spiro atoms. The van der Waals surface area contributed by atoms with Crippen LogP contribution >= 0.6 is 0 Å². The monoisotopic (exact) mass is 487 g/mol. The normalized spacial score (nSPS) is 17.0. The van der Waals surface area contributed by atoms with E-state index in [0.717, 1.165) is 28.0 Å². The third kappa shape index (κ3) is 5.88. The van der Waals surface area contributed by atoms with Gasteiger partial charge in [0.1, 0.15) is 22.6 Å². The summed E-state index contributed by atoms with van der Waals surface area (Å²) >= 11 is 0. The maximum absolute atomic E-state index is 12.8. The number of aryl methyl sites for hydroxylation is 2. The Hall–Kier alpha value is -3.80. The predicted octanol–water partition coefficient (Wildman–Crippen LogP) is 6.38. The number of nitrogens with one attached hydrogen (secondary N) is 1. The van der Waals surface area contributed by atoms with E-state index in [9.17, 15) is 9.59 Å². The van der Waals surface area contributed by atoms with E-state index in [-0.39, 0.29) is 6.42 Å². The minimum Gasteiger partial charge on any atom is -0.467 e. The Labute approximate surface area is 212 Å². The third-order valence-electron chi connectivity index (χ3n) is 6.26. The average molecular weight is 488 g/mol. The summed E-state index contributed by atoms with van der Waals surface area (Å²) in [6, 6.07) is 22.2. The summed E-state index contributed by atoms with van der Waals surface area (Å²) in [4.78, 5) is 25.4. The van der Waals surface area contributed by atoms with Crippen LogP contribution in [0.4, 0.5) is 4.79 Å². The lowest BCUT2D eigenvalue weighted by Gasteiger charge is -2.36. The van der Waals surface area contributed by atoms with Crippen molar-refractivity contribution in [2.75, 3.05) is 7.11 Å². The van der Waals surface area contributed by atoms with E-state index in [1.807, 2.05) is 36.4 Å². The Morgan fingerprint density at radius 1 is 0.889 bits per heavy atom. The summed E-state index contributed by atoms with van der Waals surface area (Å²) in [5.41, 5.74) is 3.56. The number of esters is 1. The lowest BCUT2D eigenvalue weighted by atomic mass is 9.78. The topological polar surface area (TPSA) is 73.9 Å². The van der Waals surface area contributed by atoms with Crippen molar-refractivity contribution in [1.82, 2.24) is 5.32 Å². The average Bonchev–Trinajstić information content (AvgIpc) is 2.82. The van der Waals surface area contributed by atoms with Gasteiger partial charge in [0.15, 0.2) is 0 Å². The van der Waals surface area contributed by atoms with Crippen LogP contribution in [-0.2, 0) is 27.1 Å². The van der Waals surface area contributed by atoms with Gasteiger partial charge < -0.3 is 19.5 Å². The van der Waals surface area contributed by atoms with Crippen LogP contribution in [0, 0.1) is 6.92 Å². The smallest absolute Gasteiger partial charge is 0.408 e. The van der Waals surface area contributed by atoms with E-state index in [1.165, 1.54) is 12.7 Å². The molecule has 3 aromatic rings. The van der Waals surface area contributed by atoms with E-state index in [2.05, 4.69) is 42.6 Å². The number of carbonyl (C=O) groups excluding carboxylic acids is 2. The SMILES string of the molecule is COC(=O)C1(NC(=O)OC(C)(C)C)CCc2ccc(Oc3cccc(-c4ccc(C)cc4)c3)cc2C1. The zero-order chi connectivity index (χ0) is 25.9. The molecule has 0 aliphatic heterocycles. The first-order valence-electron chi connectivity index (χ1n) is 12.1. The molecule has 1 unspecified atom stereocenters. The van der Waals surface area contributed by atoms with Gasteiger partial charge in [0.25, 0.3) is 0 Å². The van der Waals surface area contributed by atoms with E-state index in [4.69, 9.17) is 14.2 Å². The second-order valence-corrected chi connectivity index (χ2v) is 10.3. The Morgan fingerprint density at radius 3 is 2.31 bits per heavy atom. The quantitative estimate of drug-likeness (QED) is 0.423. The maximum Gasteiger partial charge on any atom is 0.408 e. The summed E-state index contributed by atoms with van der Waals surface area (Å²) in [7, 11) is 1.33. The molecule has 0 bridgehead atoms. The summed E-state index contributed by atoms with van der Waals surface area (Å²) in [6.07, 6.45) is 0.680. The van der Waals surface area contributed by atoms with Gasteiger partial charge in [0.05, 0.1) is 7.11 Å². The van der Waals surface area contributed by atoms with E-state index < -0.39 is 23.2 Å². The first kappa shape index (κ1) is 25.3. The van der Waals surface area contributed by atoms with Gasteiger partial charge in [-0.3, -0.25) is 0 Å². The molecular weight excluding hydrogens is 454 g/mol. The molecule has 3 aromatic carbocycles. The first-order valence-corrected chi connectivity index (χ1v) is 12.1. The lowest BCUT2D eigenvalue weighted by Crippen LogP contribution is -2.59. The maximum atomic E-state index is 12.8. The second-order valence-electron chi connectivity index (χ2n) is 10.3. The number of amides is 1. The van der Waals surface area contributed by atoms with Gasteiger partial charge in [-0.25, -0.2) is 9.59 Å². The van der Waals surface area contributed by atoms with Crippen molar-refractivity contribution < 1.29 is 23.8 Å². The summed E-state index contributed by atoms with van der Waals surface area (Å²) in [5, 5.41) is 2.80. The molecule has 1 atom stereocenters. The zero-order valence-corrected chi connectivity index (χ0v) is 21.5. The molecule has 1 aliphatic carbocycles. The minimum absolute atomic E-state index is 0.287. The molecule has 1 amide bonds. The number of rotatable bonds is 5. The number of carbonyl (C=O) groups is 2. The zero-order valence-electron chi connectivity index (χ0n) is 21.5. The fraction of sp³-hybridized carbons (Fsp3) is 0.333. The first-order chi connectivity index (χ1) is 17.1. The number of alkyl carbamates (subject to hydrolysis) is 1. The van der Waals surface area contributed by atoms with Crippen molar-refractivity contribution in [1.29, 1.82) is 0 Å². The summed E-state index contributed by atoms with van der Waals surface area (Å²) in [6.45, 7) is 7.42. The van der Waals surface area contributed by atoms with Gasteiger partial charge in [0, 0.05) is 6.42 Å². The molecule has 188 valence electrons. The molecule has 0 radical (unpaired) electrons. The molecule has 1 aliphatic rings. The number of hydrogen-bond donors (Lipinski definition) is 1. The van der Waals surface area contributed by atoms with Crippen LogP contribution in [0.25, 0.3) is 11.1 Å². The Balaban J connectivity index is 1.56. The molecular formula is C30H33NO5. The standard InChI is InChI=1S/C30H33NO5/c1-20-9-11-21(12-10-20)23-7-6-8-25(17-23)35-26-14-13-22-15-16-30(27(32)34-5,19-24(22)18-26)31-28(33)36-29(2,3)4/h6-14,17-18H,15-16,19H2,1-5H3,(H,31,33). The van der Waals surface area contributed by atoms with Crippen LogP contribution in [0.1, 0.15) is 43.9 Å². The molecule has 0 aromatic heterocycles. The summed E-state index contributed by atoms with van der Waals surface area (Å²) < 4.78 is 16.7. The van der Waals surface area contributed by atoms with Crippen LogP contribution in [-0.4, -0.2) is 30.3 Å². The Morgan fingerprint density at radius 2 is 1.61 bits per heavy atom. The van der Waals surface area contributed by atoms with Crippen LogP contribution in [0.3, 0.4) is 0 Å². The molecule has 6 nitrogen and oxygen atoms in total. The van der Waals surface area contributed by atoms with Gasteiger partial charge >= 0.3 is 12.1 Å². The summed E-state index contributed by atoms with van der Waals surface area (Å²) in [5.74, 6) is 0.888.